The molecular formula is C28H36N6O7S. The third kappa shape index (κ3) is 6.77. The van der Waals surface area contributed by atoms with Crippen molar-refractivity contribution in [2.75, 3.05) is 43.9 Å². The Morgan fingerprint density at radius 3 is 2.60 bits per heavy atom. The number of benzene rings is 2. The zero-order valence-corrected chi connectivity index (χ0v) is 25.0. The molecule has 1 aliphatic rings. The second-order valence-corrected chi connectivity index (χ2v) is 12.0. The molecule has 0 saturated heterocycles. The molecule has 13 nitrogen and oxygen atoms in total. The second-order valence-electron chi connectivity index (χ2n) is 10.3. The molecule has 0 unspecified atom stereocenters. The van der Waals surface area contributed by atoms with Crippen molar-refractivity contribution in [3.8, 4) is 11.5 Å². The number of amides is 3. The normalized spacial score (nSPS) is 17.8. The van der Waals surface area contributed by atoms with Crippen LogP contribution in [0.15, 0.2) is 60.0 Å². The van der Waals surface area contributed by atoms with Crippen LogP contribution in [0.3, 0.4) is 0 Å². The fraction of sp³-hybridized carbons (Fsp3) is 0.393. The highest BCUT2D eigenvalue weighted by molar-refractivity contribution is 7.92. The van der Waals surface area contributed by atoms with Crippen molar-refractivity contribution < 1.29 is 32.6 Å². The van der Waals surface area contributed by atoms with Crippen LogP contribution in [-0.2, 0) is 17.1 Å². The number of nitrogens with one attached hydrogen (secondary N) is 2. The number of urea groups is 1. The molecule has 3 N–H and O–H groups in total. The molecule has 0 bridgehead atoms. The number of imidazole rings is 1. The van der Waals surface area contributed by atoms with Crippen LogP contribution in [0.5, 0.6) is 11.5 Å². The number of nitrogens with zero attached hydrogens (tertiary/aromatic N) is 4. The van der Waals surface area contributed by atoms with E-state index in [9.17, 15) is 23.1 Å². The number of rotatable bonds is 9. The minimum absolute atomic E-state index is 0.0256. The van der Waals surface area contributed by atoms with Crippen molar-refractivity contribution in [2.24, 2.45) is 13.0 Å². The molecule has 0 saturated carbocycles. The monoisotopic (exact) mass is 600 g/mol. The first-order valence-electron chi connectivity index (χ1n) is 13.3. The number of hydrogen-bond acceptors (Lipinski definition) is 8. The van der Waals surface area contributed by atoms with Crippen molar-refractivity contribution in [3.05, 3.63) is 60.6 Å². The standard InChI is InChI=1S/C28H36N6O7S/c1-18-13-34(19(2)16-35)27(36)22-7-6-8-23(31-42(38,39)25-15-32(3)17-29-25)26(22)41-24(18)14-33(4)28(37)30-20-9-11-21(40-5)12-10-20/h6-12,15,17-19,24,31,35H,13-14,16H2,1-5H3,(H,30,37)/t18-,19-,24-/m1/s1. The van der Waals surface area contributed by atoms with Crippen LogP contribution in [0.25, 0.3) is 0 Å². The molecule has 4 rings (SSSR count). The Morgan fingerprint density at radius 2 is 1.98 bits per heavy atom. The van der Waals surface area contributed by atoms with E-state index >= 15 is 0 Å². The molecule has 3 aromatic rings. The molecule has 0 spiro atoms. The summed E-state index contributed by atoms with van der Waals surface area (Å²) in [5, 5.41) is 12.5. The van der Waals surface area contributed by atoms with Gasteiger partial charge >= 0.3 is 6.03 Å². The van der Waals surface area contributed by atoms with Crippen molar-refractivity contribution in [2.45, 2.75) is 31.0 Å². The molecule has 3 atom stereocenters. The zero-order valence-electron chi connectivity index (χ0n) is 24.1. The third-order valence-corrected chi connectivity index (χ3v) is 8.28. The predicted molar refractivity (Wildman–Crippen MR) is 156 cm³/mol. The van der Waals surface area contributed by atoms with E-state index in [1.165, 1.54) is 33.0 Å². The van der Waals surface area contributed by atoms with Gasteiger partial charge < -0.3 is 34.3 Å². The number of para-hydroxylation sites is 1. The fourth-order valence-corrected chi connectivity index (χ4v) is 5.56. The Morgan fingerprint density at radius 1 is 1.26 bits per heavy atom. The molecule has 14 heteroatoms. The van der Waals surface area contributed by atoms with Gasteiger partial charge in [-0.3, -0.25) is 9.52 Å². The number of aryl methyl sites for hydroxylation is 1. The number of sulfonamides is 1. The summed E-state index contributed by atoms with van der Waals surface area (Å²) in [7, 11) is 0.703. The van der Waals surface area contributed by atoms with Crippen LogP contribution in [0.4, 0.5) is 16.2 Å². The first kappa shape index (κ1) is 30.7. The number of hydrogen-bond donors (Lipinski definition) is 3. The molecule has 42 heavy (non-hydrogen) atoms. The third-order valence-electron chi connectivity index (χ3n) is 7.03. The van der Waals surface area contributed by atoms with Gasteiger partial charge in [-0.2, -0.15) is 8.42 Å². The number of fused-ring (bicyclic) bond motifs is 1. The summed E-state index contributed by atoms with van der Waals surface area (Å²) in [6.45, 7) is 3.68. The van der Waals surface area contributed by atoms with Crippen molar-refractivity contribution in [1.82, 2.24) is 19.4 Å². The van der Waals surface area contributed by atoms with Gasteiger partial charge in [0.25, 0.3) is 15.9 Å². The van der Waals surface area contributed by atoms with Crippen LogP contribution in [0.2, 0.25) is 0 Å². The highest BCUT2D eigenvalue weighted by Gasteiger charge is 2.35. The van der Waals surface area contributed by atoms with E-state index in [0.29, 0.717) is 11.4 Å². The minimum atomic E-state index is -4.12. The van der Waals surface area contributed by atoms with Gasteiger partial charge in [0.05, 0.1) is 43.9 Å². The van der Waals surface area contributed by atoms with Gasteiger partial charge in [-0.15, -0.1) is 0 Å². The lowest BCUT2D eigenvalue weighted by Crippen LogP contribution is -2.50. The highest BCUT2D eigenvalue weighted by Crippen LogP contribution is 2.36. The summed E-state index contributed by atoms with van der Waals surface area (Å²) in [5.41, 5.74) is 0.746. The number of aliphatic hydroxyl groups excluding tert-OH is 1. The summed E-state index contributed by atoms with van der Waals surface area (Å²) in [5.74, 6) is -0.0470. The second kappa shape index (κ2) is 12.7. The number of ether oxygens (including phenoxy) is 2. The molecule has 2 aromatic carbocycles. The molecule has 3 amide bonds. The molecule has 1 aromatic heterocycles. The lowest BCUT2D eigenvalue weighted by molar-refractivity contribution is 0.0373. The van der Waals surface area contributed by atoms with E-state index < -0.39 is 28.1 Å². The average molecular weight is 601 g/mol. The van der Waals surface area contributed by atoms with E-state index in [2.05, 4.69) is 15.0 Å². The Balaban J connectivity index is 1.66. The quantitative estimate of drug-likeness (QED) is 0.339. The molecule has 226 valence electrons. The summed E-state index contributed by atoms with van der Waals surface area (Å²) < 4.78 is 41.9. The molecular weight excluding hydrogens is 564 g/mol. The number of methoxy groups -OCH3 is 1. The van der Waals surface area contributed by atoms with Gasteiger partial charge in [-0.05, 0) is 43.3 Å². The number of anilines is 2. The van der Waals surface area contributed by atoms with Gasteiger partial charge in [-0.1, -0.05) is 13.0 Å². The van der Waals surface area contributed by atoms with Crippen LogP contribution in [-0.4, -0.2) is 90.8 Å². The van der Waals surface area contributed by atoms with Crippen molar-refractivity contribution in [3.63, 3.8) is 0 Å². The van der Waals surface area contributed by atoms with Gasteiger partial charge in [0, 0.05) is 38.4 Å². The van der Waals surface area contributed by atoms with E-state index in [1.807, 2.05) is 6.92 Å². The number of likely N-dealkylation sites (N-methyl/N-ethyl adjacent to an activating group) is 1. The topological polar surface area (TPSA) is 155 Å². The maximum Gasteiger partial charge on any atom is 0.321 e. The van der Waals surface area contributed by atoms with Crippen molar-refractivity contribution >= 4 is 33.3 Å². The molecule has 2 heterocycles. The molecule has 0 fully saturated rings. The zero-order chi connectivity index (χ0) is 30.6. The average Bonchev–Trinajstić information content (AvgIpc) is 3.42. The van der Waals surface area contributed by atoms with E-state index in [-0.39, 0.29) is 53.7 Å². The van der Waals surface area contributed by atoms with Crippen molar-refractivity contribution in [1.29, 1.82) is 0 Å². The Bertz CT molecular complexity index is 1530. The summed E-state index contributed by atoms with van der Waals surface area (Å²) in [4.78, 5) is 33.7. The summed E-state index contributed by atoms with van der Waals surface area (Å²) >= 11 is 0. The molecule has 0 aliphatic carbocycles. The van der Waals surface area contributed by atoms with Crippen LogP contribution in [0.1, 0.15) is 24.2 Å². The number of carbonyl (C=O) groups is 2. The largest absolute Gasteiger partial charge is 0.497 e. The smallest absolute Gasteiger partial charge is 0.321 e. The number of aromatic nitrogens is 2. The minimum Gasteiger partial charge on any atom is -0.497 e. The SMILES string of the molecule is COc1ccc(NC(=O)N(C)C[C@H]2Oc3c(NS(=O)(=O)c4cn(C)cn4)cccc3C(=O)N([C@H](C)CO)C[C@H]2C)cc1. The molecule has 1 aliphatic heterocycles. The van der Waals surface area contributed by atoms with Crippen LogP contribution < -0.4 is 19.5 Å². The Hall–Kier alpha value is -4.30. The predicted octanol–water partition coefficient (Wildman–Crippen LogP) is 2.61. The first-order valence-corrected chi connectivity index (χ1v) is 14.8. The molecule has 0 radical (unpaired) electrons. The van der Waals surface area contributed by atoms with Crippen LogP contribution >= 0.6 is 0 Å². The van der Waals surface area contributed by atoms with Gasteiger partial charge in [-0.25, -0.2) is 9.78 Å². The number of aliphatic hydroxyl groups is 1. The maximum absolute atomic E-state index is 13.7. The Labute approximate surface area is 245 Å². The lowest BCUT2D eigenvalue weighted by Gasteiger charge is -2.38. The van der Waals surface area contributed by atoms with E-state index in [1.54, 1.807) is 64.5 Å². The summed E-state index contributed by atoms with van der Waals surface area (Å²) in [6, 6.07) is 10.6. The lowest BCUT2D eigenvalue weighted by atomic mass is 9.99. The van der Waals surface area contributed by atoms with E-state index in [0.717, 1.165) is 0 Å². The maximum atomic E-state index is 13.7. The summed E-state index contributed by atoms with van der Waals surface area (Å²) in [6.07, 6.45) is 2.06. The van der Waals surface area contributed by atoms with Gasteiger partial charge in [0.2, 0.25) is 0 Å². The van der Waals surface area contributed by atoms with Crippen LogP contribution in [0, 0.1) is 5.92 Å². The number of carbonyl (C=O) groups excluding carboxylic acids is 2. The fourth-order valence-electron chi connectivity index (χ4n) is 4.51. The highest BCUT2D eigenvalue weighted by atomic mass is 32.2. The Kier molecular flexibility index (Phi) is 9.27. The van der Waals surface area contributed by atoms with Gasteiger partial charge in [0.1, 0.15) is 11.9 Å². The van der Waals surface area contributed by atoms with E-state index in [4.69, 9.17) is 9.47 Å². The first-order chi connectivity index (χ1) is 19.9. The van der Waals surface area contributed by atoms with Gasteiger partial charge in [0.15, 0.2) is 10.8 Å².